The van der Waals surface area contributed by atoms with E-state index in [0.29, 0.717) is 17.6 Å². The number of hydrogen-bond donors (Lipinski definition) is 1. The molecule has 0 saturated carbocycles. The van der Waals surface area contributed by atoms with Crippen LogP contribution in [-0.2, 0) is 10.0 Å². The van der Waals surface area contributed by atoms with E-state index < -0.39 is 10.0 Å². The predicted octanol–water partition coefficient (Wildman–Crippen LogP) is 0.802. The highest BCUT2D eigenvalue weighted by Gasteiger charge is 2.39. The highest BCUT2D eigenvalue weighted by Crippen LogP contribution is 2.37. The maximum atomic E-state index is 11.9. The summed E-state index contributed by atoms with van der Waals surface area (Å²) in [6.45, 7) is 5.55. The lowest BCUT2D eigenvalue weighted by Crippen LogP contribution is -2.44. The van der Waals surface area contributed by atoms with Crippen LogP contribution in [0.3, 0.4) is 0 Å². The molecule has 0 bridgehead atoms. The molecule has 2 fully saturated rings. The Morgan fingerprint density at radius 3 is 2.44 bits per heavy atom. The van der Waals surface area contributed by atoms with E-state index in [1.807, 2.05) is 6.92 Å². The van der Waals surface area contributed by atoms with Crippen molar-refractivity contribution < 1.29 is 8.42 Å². The first kappa shape index (κ1) is 12.3. The third-order valence-corrected chi connectivity index (χ3v) is 6.05. The summed E-state index contributed by atoms with van der Waals surface area (Å²) in [6, 6.07) is 0. The molecule has 5 heteroatoms. The molecule has 0 amide bonds. The molecule has 2 rings (SSSR count). The summed E-state index contributed by atoms with van der Waals surface area (Å²) in [7, 11) is -2.97. The third kappa shape index (κ3) is 2.41. The Kier molecular flexibility index (Phi) is 3.56. The summed E-state index contributed by atoms with van der Waals surface area (Å²) in [4.78, 5) is 0. The molecule has 2 heterocycles. The van der Waals surface area contributed by atoms with Crippen molar-refractivity contribution in [3.8, 4) is 0 Å². The van der Waals surface area contributed by atoms with Gasteiger partial charge < -0.3 is 5.32 Å². The van der Waals surface area contributed by atoms with Crippen LogP contribution in [0.25, 0.3) is 0 Å². The second kappa shape index (κ2) is 4.63. The smallest absolute Gasteiger partial charge is 0.214 e. The molecular weight excluding hydrogens is 224 g/mol. The first-order valence-electron chi connectivity index (χ1n) is 6.27. The number of hydrogen-bond acceptors (Lipinski definition) is 3. The van der Waals surface area contributed by atoms with Crippen molar-refractivity contribution in [2.24, 2.45) is 5.41 Å². The lowest BCUT2D eigenvalue weighted by Gasteiger charge is -2.38. The molecule has 16 heavy (non-hydrogen) atoms. The van der Waals surface area contributed by atoms with Crippen molar-refractivity contribution in [2.45, 2.75) is 32.6 Å². The second-order valence-corrected chi connectivity index (χ2v) is 7.23. The number of nitrogens with zero attached hydrogens (tertiary/aromatic N) is 1. The summed E-state index contributed by atoms with van der Waals surface area (Å²) in [5.74, 6) is 0.304. The minimum Gasteiger partial charge on any atom is -0.316 e. The van der Waals surface area contributed by atoms with Gasteiger partial charge in [0.25, 0.3) is 0 Å². The quantitative estimate of drug-likeness (QED) is 0.801. The van der Waals surface area contributed by atoms with Crippen LogP contribution < -0.4 is 5.32 Å². The van der Waals surface area contributed by atoms with Gasteiger partial charge in [-0.2, -0.15) is 0 Å². The highest BCUT2D eigenvalue weighted by atomic mass is 32.2. The summed E-state index contributed by atoms with van der Waals surface area (Å²) in [5, 5.41) is 3.39. The van der Waals surface area contributed by atoms with Crippen molar-refractivity contribution in [1.29, 1.82) is 0 Å². The van der Waals surface area contributed by atoms with Gasteiger partial charge in [-0.25, -0.2) is 12.7 Å². The molecule has 0 radical (unpaired) electrons. The van der Waals surface area contributed by atoms with E-state index in [9.17, 15) is 8.42 Å². The first-order chi connectivity index (χ1) is 7.58. The van der Waals surface area contributed by atoms with Crippen molar-refractivity contribution in [1.82, 2.24) is 9.62 Å². The van der Waals surface area contributed by atoms with Gasteiger partial charge in [0.15, 0.2) is 0 Å². The molecule has 0 aromatic heterocycles. The number of sulfonamides is 1. The van der Waals surface area contributed by atoms with E-state index in [1.165, 1.54) is 6.42 Å². The van der Waals surface area contributed by atoms with Gasteiger partial charge in [0.05, 0.1) is 5.75 Å². The first-order valence-corrected chi connectivity index (χ1v) is 7.87. The fraction of sp³-hybridized carbons (Fsp3) is 1.00. The van der Waals surface area contributed by atoms with E-state index >= 15 is 0 Å². The predicted molar refractivity (Wildman–Crippen MR) is 64.8 cm³/mol. The molecule has 0 aromatic carbocycles. The largest absolute Gasteiger partial charge is 0.316 e. The minimum atomic E-state index is -2.97. The van der Waals surface area contributed by atoms with E-state index in [0.717, 1.165) is 39.0 Å². The molecular formula is C11H22N2O2S. The Labute approximate surface area is 98.4 Å². The molecule has 4 nitrogen and oxygen atoms in total. The van der Waals surface area contributed by atoms with Crippen molar-refractivity contribution in [3.05, 3.63) is 0 Å². The van der Waals surface area contributed by atoms with Crippen molar-refractivity contribution in [2.75, 3.05) is 31.9 Å². The molecule has 2 saturated heterocycles. The number of nitrogens with one attached hydrogen (secondary N) is 1. The van der Waals surface area contributed by atoms with Gasteiger partial charge in [-0.3, -0.25) is 0 Å². The van der Waals surface area contributed by atoms with E-state index in [4.69, 9.17) is 0 Å². The van der Waals surface area contributed by atoms with Crippen LogP contribution in [0.15, 0.2) is 0 Å². The van der Waals surface area contributed by atoms with Gasteiger partial charge in [-0.1, -0.05) is 6.92 Å². The Bertz CT molecular complexity index is 324. The molecule has 0 aromatic rings. The lowest BCUT2D eigenvalue weighted by molar-refractivity contribution is 0.175. The highest BCUT2D eigenvalue weighted by molar-refractivity contribution is 7.89. The molecule has 1 N–H and O–H groups in total. The van der Waals surface area contributed by atoms with Crippen LogP contribution >= 0.6 is 0 Å². The van der Waals surface area contributed by atoms with Gasteiger partial charge >= 0.3 is 0 Å². The maximum absolute atomic E-state index is 11.9. The van der Waals surface area contributed by atoms with Crippen LogP contribution in [0.5, 0.6) is 0 Å². The fourth-order valence-corrected chi connectivity index (χ4v) is 4.36. The molecule has 0 aliphatic carbocycles. The monoisotopic (exact) mass is 246 g/mol. The summed E-state index contributed by atoms with van der Waals surface area (Å²) in [5.41, 5.74) is 0.401. The lowest BCUT2D eigenvalue weighted by atomic mass is 9.78. The second-order valence-electron chi connectivity index (χ2n) is 5.14. The fourth-order valence-electron chi connectivity index (χ4n) is 2.85. The number of rotatable bonds is 3. The van der Waals surface area contributed by atoms with E-state index in [2.05, 4.69) is 5.32 Å². The molecule has 1 spiro atoms. The zero-order valence-corrected chi connectivity index (χ0v) is 10.9. The average molecular weight is 246 g/mol. The topological polar surface area (TPSA) is 49.4 Å². The normalized spacial score (nSPS) is 26.3. The van der Waals surface area contributed by atoms with Crippen molar-refractivity contribution >= 4 is 10.0 Å². The van der Waals surface area contributed by atoms with Gasteiger partial charge in [0, 0.05) is 19.6 Å². The Morgan fingerprint density at radius 2 is 1.94 bits per heavy atom. The van der Waals surface area contributed by atoms with Gasteiger partial charge in [-0.15, -0.1) is 0 Å². The Balaban J connectivity index is 1.94. The minimum absolute atomic E-state index is 0.304. The summed E-state index contributed by atoms with van der Waals surface area (Å²) < 4.78 is 25.5. The van der Waals surface area contributed by atoms with Gasteiger partial charge in [0.1, 0.15) is 0 Å². The zero-order valence-electron chi connectivity index (χ0n) is 10.0. The molecule has 2 aliphatic heterocycles. The SMILES string of the molecule is CCCS(=O)(=O)N1CCC2(CCNC2)CC1. The van der Waals surface area contributed by atoms with E-state index in [1.54, 1.807) is 4.31 Å². The third-order valence-electron chi connectivity index (χ3n) is 3.97. The number of piperidine rings is 1. The van der Waals surface area contributed by atoms with Crippen LogP contribution in [0.4, 0.5) is 0 Å². The molecule has 0 unspecified atom stereocenters. The molecule has 94 valence electrons. The van der Waals surface area contributed by atoms with Crippen LogP contribution in [0.2, 0.25) is 0 Å². The molecule has 0 atom stereocenters. The van der Waals surface area contributed by atoms with Gasteiger partial charge in [-0.05, 0) is 37.6 Å². The Morgan fingerprint density at radius 1 is 1.25 bits per heavy atom. The summed E-state index contributed by atoms with van der Waals surface area (Å²) in [6.07, 6.45) is 3.99. The zero-order chi connectivity index (χ0) is 11.6. The average Bonchev–Trinajstić information content (AvgIpc) is 2.67. The maximum Gasteiger partial charge on any atom is 0.214 e. The van der Waals surface area contributed by atoms with Crippen LogP contribution in [0.1, 0.15) is 32.6 Å². The summed E-state index contributed by atoms with van der Waals surface area (Å²) >= 11 is 0. The van der Waals surface area contributed by atoms with E-state index in [-0.39, 0.29) is 0 Å². The Hall–Kier alpha value is -0.130. The van der Waals surface area contributed by atoms with Crippen molar-refractivity contribution in [3.63, 3.8) is 0 Å². The molecule has 2 aliphatic rings. The van der Waals surface area contributed by atoms with Crippen LogP contribution in [-0.4, -0.2) is 44.7 Å². The van der Waals surface area contributed by atoms with Gasteiger partial charge in [0.2, 0.25) is 10.0 Å². The van der Waals surface area contributed by atoms with Crippen LogP contribution in [0, 0.1) is 5.41 Å². The standard InChI is InChI=1S/C11H22N2O2S/c1-2-9-16(14,15)13-7-4-11(5-8-13)3-6-12-10-11/h12H,2-10H2,1H3.